The van der Waals surface area contributed by atoms with E-state index in [9.17, 15) is 0 Å². The number of aromatic amines is 1. The van der Waals surface area contributed by atoms with Crippen LogP contribution in [-0.2, 0) is 0 Å². The van der Waals surface area contributed by atoms with Crippen molar-refractivity contribution in [3.63, 3.8) is 0 Å². The highest BCUT2D eigenvalue weighted by atomic mass is 32.2. The van der Waals surface area contributed by atoms with Gasteiger partial charge in [-0.25, -0.2) is 0 Å². The van der Waals surface area contributed by atoms with Gasteiger partial charge in [0.2, 0.25) is 0 Å². The Labute approximate surface area is 112 Å². The van der Waals surface area contributed by atoms with Crippen molar-refractivity contribution < 1.29 is 5.11 Å². The Bertz CT molecular complexity index is 444. The van der Waals surface area contributed by atoms with Gasteiger partial charge >= 0.3 is 0 Å². The predicted octanol–water partition coefficient (Wildman–Crippen LogP) is 2.62. The molecular formula is C14H20N2OS. The van der Waals surface area contributed by atoms with E-state index in [2.05, 4.69) is 41.5 Å². The van der Waals surface area contributed by atoms with E-state index >= 15 is 0 Å². The lowest BCUT2D eigenvalue weighted by molar-refractivity contribution is 0.271. The minimum absolute atomic E-state index is 0.241. The third kappa shape index (κ3) is 3.51. The Morgan fingerprint density at radius 3 is 2.94 bits per heavy atom. The van der Waals surface area contributed by atoms with E-state index in [1.165, 1.54) is 15.9 Å². The van der Waals surface area contributed by atoms with E-state index < -0.39 is 0 Å². The van der Waals surface area contributed by atoms with E-state index in [0.29, 0.717) is 6.04 Å². The van der Waals surface area contributed by atoms with E-state index in [0.717, 1.165) is 18.7 Å². The predicted molar refractivity (Wildman–Crippen MR) is 78.2 cm³/mol. The van der Waals surface area contributed by atoms with Crippen LogP contribution in [0.3, 0.4) is 0 Å². The summed E-state index contributed by atoms with van der Waals surface area (Å²) in [7, 11) is 0. The number of aromatic nitrogens is 1. The molecule has 2 aromatic rings. The minimum Gasteiger partial charge on any atom is -0.396 e. The van der Waals surface area contributed by atoms with Crippen molar-refractivity contribution in [2.75, 3.05) is 18.9 Å². The third-order valence-corrected chi connectivity index (χ3v) is 4.02. The molecule has 3 N–H and O–H groups in total. The van der Waals surface area contributed by atoms with Crippen LogP contribution >= 0.6 is 11.8 Å². The standard InChI is InChI=1S/C14H20N2OS/c1-2-15-12(7-8-17)10-18-14-9-11-5-3-4-6-13(11)16-14/h3-6,9,12,15-17H,2,7-8,10H2,1H3. The summed E-state index contributed by atoms with van der Waals surface area (Å²) in [5.74, 6) is 0.973. The number of aliphatic hydroxyl groups excluding tert-OH is 1. The number of nitrogens with one attached hydrogen (secondary N) is 2. The van der Waals surface area contributed by atoms with Gasteiger partial charge < -0.3 is 15.4 Å². The van der Waals surface area contributed by atoms with Crippen LogP contribution in [0, 0.1) is 0 Å². The zero-order chi connectivity index (χ0) is 12.8. The summed E-state index contributed by atoms with van der Waals surface area (Å²) >= 11 is 1.80. The number of rotatable bonds is 7. The van der Waals surface area contributed by atoms with Crippen LogP contribution in [0.15, 0.2) is 35.4 Å². The SMILES string of the molecule is CCNC(CCO)CSc1cc2ccccc2[nH]1. The number of thioether (sulfide) groups is 1. The quantitative estimate of drug-likeness (QED) is 0.674. The maximum atomic E-state index is 9.02. The number of hydrogen-bond donors (Lipinski definition) is 3. The summed E-state index contributed by atoms with van der Waals surface area (Å²) in [4.78, 5) is 3.41. The van der Waals surface area contributed by atoms with Crippen LogP contribution < -0.4 is 5.32 Å². The molecule has 2 rings (SSSR count). The normalized spacial score (nSPS) is 13.0. The molecule has 0 aliphatic heterocycles. The van der Waals surface area contributed by atoms with Crippen molar-refractivity contribution in [3.05, 3.63) is 30.3 Å². The molecule has 0 aliphatic carbocycles. The average Bonchev–Trinajstić information content (AvgIpc) is 2.79. The molecule has 0 saturated carbocycles. The first-order valence-corrected chi connectivity index (χ1v) is 7.37. The zero-order valence-corrected chi connectivity index (χ0v) is 11.5. The van der Waals surface area contributed by atoms with Crippen molar-refractivity contribution in [2.24, 2.45) is 0 Å². The van der Waals surface area contributed by atoms with Gasteiger partial charge in [-0.3, -0.25) is 0 Å². The lowest BCUT2D eigenvalue weighted by Gasteiger charge is -2.15. The van der Waals surface area contributed by atoms with E-state index in [4.69, 9.17) is 5.11 Å². The van der Waals surface area contributed by atoms with Gasteiger partial charge in [0.15, 0.2) is 0 Å². The zero-order valence-electron chi connectivity index (χ0n) is 10.6. The first-order chi connectivity index (χ1) is 8.83. The number of hydrogen-bond acceptors (Lipinski definition) is 3. The van der Waals surface area contributed by atoms with Crippen molar-refractivity contribution in [1.29, 1.82) is 0 Å². The first-order valence-electron chi connectivity index (χ1n) is 6.38. The van der Waals surface area contributed by atoms with Gasteiger partial charge in [-0.05, 0) is 25.1 Å². The highest BCUT2D eigenvalue weighted by Gasteiger charge is 2.08. The number of benzene rings is 1. The summed E-state index contributed by atoms with van der Waals surface area (Å²) < 4.78 is 0. The fraction of sp³-hybridized carbons (Fsp3) is 0.429. The molecule has 0 bridgehead atoms. The average molecular weight is 264 g/mol. The van der Waals surface area contributed by atoms with Crippen LogP contribution in [0.5, 0.6) is 0 Å². The number of fused-ring (bicyclic) bond motifs is 1. The molecule has 0 amide bonds. The van der Waals surface area contributed by atoms with E-state index in [1.807, 2.05) is 6.07 Å². The fourth-order valence-electron chi connectivity index (χ4n) is 2.00. The molecule has 0 spiro atoms. The first kappa shape index (κ1) is 13.5. The second kappa shape index (κ2) is 6.83. The molecule has 98 valence electrons. The molecule has 1 unspecified atom stereocenters. The van der Waals surface area contributed by atoms with Gasteiger partial charge in [0.1, 0.15) is 0 Å². The lowest BCUT2D eigenvalue weighted by atomic mass is 10.2. The summed E-state index contributed by atoms with van der Waals surface area (Å²) in [6.07, 6.45) is 0.807. The number of H-pyrrole nitrogens is 1. The maximum Gasteiger partial charge on any atom is 0.0733 e. The Kier molecular flexibility index (Phi) is 5.11. The number of para-hydroxylation sites is 1. The Morgan fingerprint density at radius 1 is 1.39 bits per heavy atom. The molecule has 1 aromatic carbocycles. The molecule has 1 heterocycles. The summed E-state index contributed by atoms with van der Waals surface area (Å²) in [6, 6.07) is 10.9. The molecule has 0 radical (unpaired) electrons. The van der Waals surface area contributed by atoms with Gasteiger partial charge in [0.25, 0.3) is 0 Å². The topological polar surface area (TPSA) is 48.0 Å². The monoisotopic (exact) mass is 264 g/mol. The fourth-order valence-corrected chi connectivity index (χ4v) is 3.06. The van der Waals surface area contributed by atoms with Crippen LogP contribution in [0.2, 0.25) is 0 Å². The maximum absolute atomic E-state index is 9.02. The smallest absolute Gasteiger partial charge is 0.0733 e. The summed E-state index contributed by atoms with van der Waals surface area (Å²) in [6.45, 7) is 3.28. The lowest BCUT2D eigenvalue weighted by Crippen LogP contribution is -2.32. The molecule has 1 atom stereocenters. The van der Waals surface area contributed by atoms with E-state index in [1.54, 1.807) is 11.8 Å². The van der Waals surface area contributed by atoms with Gasteiger partial charge in [-0.2, -0.15) is 0 Å². The molecule has 3 nitrogen and oxygen atoms in total. The van der Waals surface area contributed by atoms with Gasteiger partial charge in [0.05, 0.1) is 5.03 Å². The van der Waals surface area contributed by atoms with Gasteiger partial charge in [-0.15, -0.1) is 11.8 Å². The Morgan fingerprint density at radius 2 is 2.22 bits per heavy atom. The van der Waals surface area contributed by atoms with Gasteiger partial charge in [0, 0.05) is 29.3 Å². The molecule has 0 saturated heterocycles. The highest BCUT2D eigenvalue weighted by Crippen LogP contribution is 2.23. The summed E-state index contributed by atoms with van der Waals surface area (Å²) in [5, 5.41) is 14.9. The van der Waals surface area contributed by atoms with Crippen molar-refractivity contribution in [3.8, 4) is 0 Å². The highest BCUT2D eigenvalue weighted by molar-refractivity contribution is 7.99. The second-order valence-corrected chi connectivity index (χ2v) is 5.36. The van der Waals surface area contributed by atoms with Crippen LogP contribution in [-0.4, -0.2) is 35.0 Å². The Hall–Kier alpha value is -0.970. The van der Waals surface area contributed by atoms with Crippen molar-refractivity contribution in [2.45, 2.75) is 24.4 Å². The van der Waals surface area contributed by atoms with Crippen LogP contribution in [0.1, 0.15) is 13.3 Å². The second-order valence-electron chi connectivity index (χ2n) is 4.30. The van der Waals surface area contributed by atoms with Crippen molar-refractivity contribution in [1.82, 2.24) is 10.3 Å². The largest absolute Gasteiger partial charge is 0.396 e. The molecule has 4 heteroatoms. The van der Waals surface area contributed by atoms with Crippen LogP contribution in [0.4, 0.5) is 0 Å². The minimum atomic E-state index is 0.241. The number of aliphatic hydroxyl groups is 1. The van der Waals surface area contributed by atoms with Crippen LogP contribution in [0.25, 0.3) is 10.9 Å². The summed E-state index contributed by atoms with van der Waals surface area (Å²) in [5.41, 5.74) is 1.18. The Balaban J connectivity index is 1.95. The van der Waals surface area contributed by atoms with Crippen molar-refractivity contribution >= 4 is 22.7 Å². The molecule has 0 fully saturated rings. The molecule has 18 heavy (non-hydrogen) atoms. The molecule has 0 aliphatic rings. The molecular weight excluding hydrogens is 244 g/mol. The third-order valence-electron chi connectivity index (χ3n) is 2.92. The molecule has 1 aromatic heterocycles. The van der Waals surface area contributed by atoms with E-state index in [-0.39, 0.29) is 6.61 Å². The van der Waals surface area contributed by atoms with Gasteiger partial charge in [-0.1, -0.05) is 25.1 Å².